The Bertz CT molecular complexity index is 1140. The number of hydrogen-bond acceptors (Lipinski definition) is 2. The topological polar surface area (TPSA) is 39.9 Å². The zero-order valence-electron chi connectivity index (χ0n) is 16.3. The average molecular weight is 386 g/mol. The van der Waals surface area contributed by atoms with Gasteiger partial charge in [0, 0.05) is 22.3 Å². The number of thiocarbonyl (C=S) groups is 1. The van der Waals surface area contributed by atoms with Crippen LogP contribution in [-0.2, 0) is 0 Å². The summed E-state index contributed by atoms with van der Waals surface area (Å²) in [5.74, 6) is 0. The van der Waals surface area contributed by atoms with Gasteiger partial charge in [0.15, 0.2) is 0 Å². The Balaban J connectivity index is 1.74. The first-order valence-corrected chi connectivity index (χ1v) is 9.74. The third-order valence-electron chi connectivity index (χ3n) is 4.81. The second-order valence-corrected chi connectivity index (χ2v) is 7.64. The molecule has 4 heteroatoms. The Kier molecular flexibility index (Phi) is 4.88. The van der Waals surface area contributed by atoms with Crippen molar-refractivity contribution >= 4 is 45.2 Å². The zero-order chi connectivity index (χ0) is 19.7. The van der Waals surface area contributed by atoms with E-state index in [0.29, 0.717) is 4.99 Å². The number of benzene rings is 3. The lowest BCUT2D eigenvalue weighted by atomic mass is 10.1. The maximum Gasteiger partial charge on any atom is 0.129 e. The van der Waals surface area contributed by atoms with Gasteiger partial charge in [-0.2, -0.15) is 0 Å². The van der Waals surface area contributed by atoms with Crippen LogP contribution in [-0.4, -0.2) is 9.97 Å². The Morgan fingerprint density at radius 2 is 1.32 bits per heavy atom. The highest BCUT2D eigenvalue weighted by molar-refractivity contribution is 7.81. The molecular weight excluding hydrogens is 362 g/mol. The van der Waals surface area contributed by atoms with Crippen LogP contribution in [0.2, 0.25) is 0 Å². The number of H-pyrrole nitrogens is 1. The van der Waals surface area contributed by atoms with Gasteiger partial charge in [0.1, 0.15) is 4.99 Å². The standard InChI is InChI=1S/C24H23N3S/c1-15-4-9-18(10-5-15)25-22-20-14-17(3)8-13-21(20)27-23(22)24(28)26-19-11-6-16(2)7-12-19/h4-14,25,27H,1-3H3,(H,26,28). The van der Waals surface area contributed by atoms with Gasteiger partial charge < -0.3 is 15.6 Å². The van der Waals surface area contributed by atoms with E-state index < -0.39 is 0 Å². The summed E-state index contributed by atoms with van der Waals surface area (Å²) >= 11 is 5.75. The van der Waals surface area contributed by atoms with Gasteiger partial charge in [0.05, 0.1) is 11.4 Å². The van der Waals surface area contributed by atoms with Crippen LogP contribution in [0.3, 0.4) is 0 Å². The summed E-state index contributed by atoms with van der Waals surface area (Å²) < 4.78 is 0. The van der Waals surface area contributed by atoms with Crippen LogP contribution >= 0.6 is 12.2 Å². The number of hydrogen-bond donors (Lipinski definition) is 3. The summed E-state index contributed by atoms with van der Waals surface area (Å²) in [6.45, 7) is 6.27. The van der Waals surface area contributed by atoms with Crippen molar-refractivity contribution in [3.05, 3.63) is 89.1 Å². The third kappa shape index (κ3) is 3.78. The molecule has 0 fully saturated rings. The molecule has 4 rings (SSSR count). The van der Waals surface area contributed by atoms with Crippen molar-refractivity contribution in [2.75, 3.05) is 10.6 Å². The van der Waals surface area contributed by atoms with Crippen molar-refractivity contribution in [1.29, 1.82) is 0 Å². The highest BCUT2D eigenvalue weighted by Gasteiger charge is 2.16. The second-order valence-electron chi connectivity index (χ2n) is 7.24. The smallest absolute Gasteiger partial charge is 0.129 e. The van der Waals surface area contributed by atoms with Crippen molar-refractivity contribution in [3.8, 4) is 0 Å². The SMILES string of the molecule is Cc1ccc(NC(=S)c2[nH]c3ccc(C)cc3c2Nc2ccc(C)cc2)cc1. The molecule has 0 atom stereocenters. The highest BCUT2D eigenvalue weighted by Crippen LogP contribution is 2.32. The molecule has 0 bridgehead atoms. The Morgan fingerprint density at radius 3 is 1.96 bits per heavy atom. The molecule has 4 aromatic rings. The number of anilines is 3. The van der Waals surface area contributed by atoms with Crippen molar-refractivity contribution in [2.24, 2.45) is 0 Å². The quantitative estimate of drug-likeness (QED) is 0.346. The van der Waals surface area contributed by atoms with E-state index in [2.05, 4.69) is 91.0 Å². The molecule has 1 aromatic heterocycles. The van der Waals surface area contributed by atoms with Crippen LogP contribution in [0.5, 0.6) is 0 Å². The first-order valence-electron chi connectivity index (χ1n) is 9.33. The third-order valence-corrected chi connectivity index (χ3v) is 5.12. The minimum atomic E-state index is 0.660. The molecule has 0 aliphatic rings. The summed E-state index contributed by atoms with van der Waals surface area (Å²) in [5, 5.41) is 8.05. The summed E-state index contributed by atoms with van der Waals surface area (Å²) in [5.41, 5.74) is 8.62. The molecule has 140 valence electrons. The van der Waals surface area contributed by atoms with E-state index in [1.165, 1.54) is 16.7 Å². The van der Waals surface area contributed by atoms with E-state index in [0.717, 1.165) is 33.7 Å². The van der Waals surface area contributed by atoms with Crippen LogP contribution in [0.4, 0.5) is 17.1 Å². The Labute approximate surface area is 170 Å². The number of aromatic nitrogens is 1. The van der Waals surface area contributed by atoms with Crippen LogP contribution in [0, 0.1) is 20.8 Å². The van der Waals surface area contributed by atoms with Gasteiger partial charge in [-0.15, -0.1) is 0 Å². The summed E-state index contributed by atoms with van der Waals surface area (Å²) in [4.78, 5) is 4.15. The largest absolute Gasteiger partial charge is 0.353 e. The molecule has 28 heavy (non-hydrogen) atoms. The minimum Gasteiger partial charge on any atom is -0.353 e. The molecule has 0 aliphatic carbocycles. The van der Waals surface area contributed by atoms with Crippen LogP contribution in [0.15, 0.2) is 66.7 Å². The molecule has 0 radical (unpaired) electrons. The lowest BCUT2D eigenvalue weighted by Crippen LogP contribution is -2.12. The van der Waals surface area contributed by atoms with Gasteiger partial charge in [0.2, 0.25) is 0 Å². The van der Waals surface area contributed by atoms with Crippen LogP contribution in [0.1, 0.15) is 22.4 Å². The predicted molar refractivity (Wildman–Crippen MR) is 124 cm³/mol. The highest BCUT2D eigenvalue weighted by atomic mass is 32.1. The lowest BCUT2D eigenvalue weighted by molar-refractivity contribution is 1.40. The van der Waals surface area contributed by atoms with Gasteiger partial charge in [-0.1, -0.05) is 59.2 Å². The molecule has 0 spiro atoms. The first-order chi connectivity index (χ1) is 13.5. The van der Waals surface area contributed by atoms with Crippen molar-refractivity contribution < 1.29 is 0 Å². The monoisotopic (exact) mass is 385 g/mol. The maximum absolute atomic E-state index is 5.75. The molecule has 3 N–H and O–H groups in total. The normalized spacial score (nSPS) is 10.8. The molecule has 0 unspecified atom stereocenters. The molecule has 0 aliphatic heterocycles. The van der Waals surface area contributed by atoms with Crippen molar-refractivity contribution in [2.45, 2.75) is 20.8 Å². The lowest BCUT2D eigenvalue weighted by Gasteiger charge is -2.12. The maximum atomic E-state index is 5.75. The van der Waals surface area contributed by atoms with Crippen molar-refractivity contribution in [1.82, 2.24) is 4.98 Å². The summed E-state index contributed by atoms with van der Waals surface area (Å²) in [6.07, 6.45) is 0. The average Bonchev–Trinajstić information content (AvgIpc) is 3.03. The molecular formula is C24H23N3S. The fourth-order valence-corrected chi connectivity index (χ4v) is 3.49. The minimum absolute atomic E-state index is 0.660. The van der Waals surface area contributed by atoms with E-state index in [9.17, 15) is 0 Å². The van der Waals surface area contributed by atoms with Crippen LogP contribution in [0.25, 0.3) is 10.9 Å². The van der Waals surface area contributed by atoms with Gasteiger partial charge in [-0.25, -0.2) is 0 Å². The van der Waals surface area contributed by atoms with Gasteiger partial charge in [0.25, 0.3) is 0 Å². The Morgan fingerprint density at radius 1 is 0.750 bits per heavy atom. The second kappa shape index (κ2) is 7.49. The van der Waals surface area contributed by atoms with Gasteiger partial charge in [-0.05, 0) is 57.2 Å². The fraction of sp³-hybridized carbons (Fsp3) is 0.125. The molecule has 3 aromatic carbocycles. The molecule has 0 saturated heterocycles. The van der Waals surface area contributed by atoms with E-state index in [1.54, 1.807) is 0 Å². The zero-order valence-corrected chi connectivity index (χ0v) is 17.1. The molecule has 0 amide bonds. The number of rotatable bonds is 4. The van der Waals surface area contributed by atoms with Gasteiger partial charge >= 0.3 is 0 Å². The van der Waals surface area contributed by atoms with Crippen LogP contribution < -0.4 is 10.6 Å². The molecule has 1 heterocycles. The molecule has 3 nitrogen and oxygen atoms in total. The first kappa shape index (κ1) is 18.3. The van der Waals surface area contributed by atoms with E-state index in [-0.39, 0.29) is 0 Å². The number of aromatic amines is 1. The summed E-state index contributed by atoms with van der Waals surface area (Å²) in [6, 6.07) is 23.0. The number of fused-ring (bicyclic) bond motifs is 1. The molecule has 0 saturated carbocycles. The van der Waals surface area contributed by atoms with Gasteiger partial charge in [-0.3, -0.25) is 0 Å². The van der Waals surface area contributed by atoms with E-state index in [4.69, 9.17) is 12.2 Å². The van der Waals surface area contributed by atoms with E-state index >= 15 is 0 Å². The number of nitrogens with one attached hydrogen (secondary N) is 3. The fourth-order valence-electron chi connectivity index (χ4n) is 3.22. The van der Waals surface area contributed by atoms with Crippen molar-refractivity contribution in [3.63, 3.8) is 0 Å². The van der Waals surface area contributed by atoms with E-state index in [1.807, 2.05) is 12.1 Å². The Hall–Kier alpha value is -3.11. The number of aryl methyl sites for hydroxylation is 3. The predicted octanol–water partition coefficient (Wildman–Crippen LogP) is 6.62. The summed E-state index contributed by atoms with van der Waals surface area (Å²) in [7, 11) is 0.